The summed E-state index contributed by atoms with van der Waals surface area (Å²) in [4.78, 5) is 12.2. The van der Waals surface area contributed by atoms with Crippen molar-refractivity contribution in [1.29, 1.82) is 0 Å². The second-order valence-electron chi connectivity index (χ2n) is 6.20. The summed E-state index contributed by atoms with van der Waals surface area (Å²) >= 11 is 3.61. The van der Waals surface area contributed by atoms with Gasteiger partial charge in [0.2, 0.25) is 5.91 Å². The Bertz CT molecular complexity index is 517. The molecule has 122 valence electrons. The number of hydrogen-bond acceptors (Lipinski definition) is 2. The fraction of sp³-hybridized carbons (Fsp3) is 0.588. The van der Waals surface area contributed by atoms with E-state index in [0.29, 0.717) is 6.42 Å². The first kappa shape index (κ1) is 17.8. The van der Waals surface area contributed by atoms with Crippen LogP contribution in [-0.4, -0.2) is 19.0 Å². The summed E-state index contributed by atoms with van der Waals surface area (Å²) in [6.07, 6.45) is 6.21. The van der Waals surface area contributed by atoms with Gasteiger partial charge in [0.25, 0.3) is 0 Å². The molecular formula is C17H24BrClN2O. The van der Waals surface area contributed by atoms with E-state index in [9.17, 15) is 4.79 Å². The van der Waals surface area contributed by atoms with Crippen LogP contribution in [0.4, 0.5) is 0 Å². The number of hydrogen-bond donors (Lipinski definition) is 2. The number of carbonyl (C=O) groups excluding carboxylic acids is 1. The predicted octanol–water partition coefficient (Wildman–Crippen LogP) is 3.75. The monoisotopic (exact) mass is 386 g/mol. The third-order valence-corrected chi connectivity index (χ3v) is 5.53. The van der Waals surface area contributed by atoms with Crippen LogP contribution in [0.5, 0.6) is 0 Å². The van der Waals surface area contributed by atoms with E-state index in [1.807, 2.05) is 0 Å². The average molecular weight is 388 g/mol. The Labute approximate surface area is 147 Å². The highest BCUT2D eigenvalue weighted by atomic mass is 79.9. The third kappa shape index (κ3) is 4.24. The lowest BCUT2D eigenvalue weighted by Gasteiger charge is -2.22. The molecule has 2 N–H and O–H groups in total. The average Bonchev–Trinajstić information content (AvgIpc) is 2.91. The fourth-order valence-electron chi connectivity index (χ4n) is 3.53. The molecule has 1 amide bonds. The fourth-order valence-corrected chi connectivity index (χ4v) is 4.11. The minimum atomic E-state index is 0. The van der Waals surface area contributed by atoms with Crippen LogP contribution in [0.15, 0.2) is 22.7 Å². The zero-order valence-corrected chi connectivity index (χ0v) is 15.1. The van der Waals surface area contributed by atoms with Gasteiger partial charge in [-0.15, -0.1) is 12.4 Å². The minimum Gasteiger partial charge on any atom is -0.349 e. The number of rotatable bonds is 4. The summed E-state index contributed by atoms with van der Waals surface area (Å²) in [5, 5.41) is 6.60. The molecule has 0 saturated carbocycles. The van der Waals surface area contributed by atoms with Gasteiger partial charge in [-0.3, -0.25) is 4.79 Å². The molecule has 22 heavy (non-hydrogen) atoms. The summed E-state index contributed by atoms with van der Waals surface area (Å²) in [7, 11) is 0. The Kier molecular flexibility index (Phi) is 6.72. The molecule has 3 nitrogen and oxygen atoms in total. The van der Waals surface area contributed by atoms with Crippen LogP contribution < -0.4 is 10.6 Å². The molecule has 1 unspecified atom stereocenters. The highest BCUT2D eigenvalue weighted by molar-refractivity contribution is 9.10. The summed E-state index contributed by atoms with van der Waals surface area (Å²) in [5.41, 5.74) is 2.65. The summed E-state index contributed by atoms with van der Waals surface area (Å²) in [6, 6.07) is 6.49. The van der Waals surface area contributed by atoms with Crippen molar-refractivity contribution in [1.82, 2.24) is 10.6 Å². The second kappa shape index (κ2) is 8.32. The minimum absolute atomic E-state index is 0. The molecule has 3 rings (SSSR count). The summed E-state index contributed by atoms with van der Waals surface area (Å²) in [6.45, 7) is 2.21. The SMILES string of the molecule is Cl.O=C(CCC1CCNCC1)NC1CCc2c(Br)cccc21. The second-order valence-corrected chi connectivity index (χ2v) is 7.05. The lowest BCUT2D eigenvalue weighted by molar-refractivity contribution is -0.122. The van der Waals surface area contributed by atoms with Gasteiger partial charge in [0.15, 0.2) is 0 Å². The molecule has 1 heterocycles. The molecule has 1 fully saturated rings. The number of halogens is 2. The zero-order chi connectivity index (χ0) is 14.7. The van der Waals surface area contributed by atoms with Crippen molar-refractivity contribution in [2.24, 2.45) is 5.92 Å². The van der Waals surface area contributed by atoms with E-state index in [1.54, 1.807) is 0 Å². The van der Waals surface area contributed by atoms with Crippen molar-refractivity contribution in [3.05, 3.63) is 33.8 Å². The van der Waals surface area contributed by atoms with Crippen molar-refractivity contribution >= 4 is 34.2 Å². The Morgan fingerprint density at radius 2 is 2.05 bits per heavy atom. The van der Waals surface area contributed by atoms with Crippen molar-refractivity contribution in [2.45, 2.75) is 44.6 Å². The van der Waals surface area contributed by atoms with Crippen LogP contribution >= 0.6 is 28.3 Å². The van der Waals surface area contributed by atoms with E-state index in [1.165, 1.54) is 28.4 Å². The van der Waals surface area contributed by atoms with Crippen molar-refractivity contribution < 1.29 is 4.79 Å². The van der Waals surface area contributed by atoms with Crippen molar-refractivity contribution in [3.8, 4) is 0 Å². The van der Waals surface area contributed by atoms with Crippen LogP contribution in [0.2, 0.25) is 0 Å². The van der Waals surface area contributed by atoms with Gasteiger partial charge in [0, 0.05) is 10.9 Å². The van der Waals surface area contributed by atoms with E-state index in [2.05, 4.69) is 44.8 Å². The first-order valence-corrected chi connectivity index (χ1v) is 8.80. The number of benzene rings is 1. The normalized spacial score (nSPS) is 21.0. The molecule has 0 radical (unpaired) electrons. The Hall–Kier alpha value is -0.580. The third-order valence-electron chi connectivity index (χ3n) is 4.79. The Morgan fingerprint density at radius 1 is 1.27 bits per heavy atom. The quantitative estimate of drug-likeness (QED) is 0.826. The first-order chi connectivity index (χ1) is 10.2. The van der Waals surface area contributed by atoms with Gasteiger partial charge in [-0.1, -0.05) is 28.1 Å². The molecule has 0 aromatic heterocycles. The number of nitrogens with one attached hydrogen (secondary N) is 2. The van der Waals surface area contributed by atoms with Gasteiger partial charge in [-0.05, 0) is 68.3 Å². The van der Waals surface area contributed by atoms with Crippen LogP contribution in [0.1, 0.15) is 49.3 Å². The van der Waals surface area contributed by atoms with E-state index in [4.69, 9.17) is 0 Å². The molecule has 1 saturated heterocycles. The molecule has 5 heteroatoms. The molecule has 1 aliphatic heterocycles. The Morgan fingerprint density at radius 3 is 2.82 bits per heavy atom. The number of piperidine rings is 1. The van der Waals surface area contributed by atoms with Gasteiger partial charge in [-0.25, -0.2) is 0 Å². The van der Waals surface area contributed by atoms with Crippen LogP contribution in [0, 0.1) is 5.92 Å². The zero-order valence-electron chi connectivity index (χ0n) is 12.7. The maximum absolute atomic E-state index is 12.2. The van der Waals surface area contributed by atoms with Gasteiger partial charge < -0.3 is 10.6 Å². The molecule has 2 aliphatic rings. The maximum Gasteiger partial charge on any atom is 0.220 e. The highest BCUT2D eigenvalue weighted by Crippen LogP contribution is 2.35. The van der Waals surface area contributed by atoms with Gasteiger partial charge in [-0.2, -0.15) is 0 Å². The van der Waals surface area contributed by atoms with E-state index in [0.717, 1.165) is 38.3 Å². The van der Waals surface area contributed by atoms with Crippen LogP contribution in [0.25, 0.3) is 0 Å². The summed E-state index contributed by atoms with van der Waals surface area (Å²) in [5.74, 6) is 0.938. The topological polar surface area (TPSA) is 41.1 Å². The largest absolute Gasteiger partial charge is 0.349 e. The molecule has 0 bridgehead atoms. The van der Waals surface area contributed by atoms with E-state index < -0.39 is 0 Å². The number of fused-ring (bicyclic) bond motifs is 1. The van der Waals surface area contributed by atoms with Gasteiger partial charge in [0.1, 0.15) is 0 Å². The molecule has 1 aromatic carbocycles. The number of amides is 1. The van der Waals surface area contributed by atoms with Gasteiger partial charge in [0.05, 0.1) is 6.04 Å². The van der Waals surface area contributed by atoms with E-state index in [-0.39, 0.29) is 24.4 Å². The molecule has 0 spiro atoms. The standard InChI is InChI=1S/C17H23BrN2O.ClH/c18-15-3-1-2-14-13(15)5-6-16(14)20-17(21)7-4-12-8-10-19-11-9-12;/h1-3,12,16,19H,4-11H2,(H,20,21);1H. The first-order valence-electron chi connectivity index (χ1n) is 8.01. The summed E-state index contributed by atoms with van der Waals surface area (Å²) < 4.78 is 1.17. The number of carbonyl (C=O) groups is 1. The Balaban J connectivity index is 0.00000176. The molecule has 1 atom stereocenters. The maximum atomic E-state index is 12.2. The molecule has 1 aromatic rings. The predicted molar refractivity (Wildman–Crippen MR) is 95.4 cm³/mol. The molecular weight excluding hydrogens is 364 g/mol. The lowest BCUT2D eigenvalue weighted by atomic mass is 9.93. The smallest absolute Gasteiger partial charge is 0.220 e. The van der Waals surface area contributed by atoms with Crippen LogP contribution in [0.3, 0.4) is 0 Å². The highest BCUT2D eigenvalue weighted by Gasteiger charge is 2.25. The van der Waals surface area contributed by atoms with E-state index >= 15 is 0 Å². The van der Waals surface area contributed by atoms with Crippen molar-refractivity contribution in [3.63, 3.8) is 0 Å². The molecule has 1 aliphatic carbocycles. The van der Waals surface area contributed by atoms with Crippen molar-refractivity contribution in [2.75, 3.05) is 13.1 Å². The van der Waals surface area contributed by atoms with Gasteiger partial charge >= 0.3 is 0 Å². The lowest BCUT2D eigenvalue weighted by Crippen LogP contribution is -2.30. The van der Waals surface area contributed by atoms with Crippen LogP contribution in [-0.2, 0) is 11.2 Å².